The van der Waals surface area contributed by atoms with Gasteiger partial charge in [-0.1, -0.05) is 45.9 Å². The second-order valence-corrected chi connectivity index (χ2v) is 6.48. The summed E-state index contributed by atoms with van der Waals surface area (Å²) in [5.74, 6) is 0.453. The van der Waals surface area contributed by atoms with E-state index in [1.165, 1.54) is 0 Å². The second kappa shape index (κ2) is 5.30. The van der Waals surface area contributed by atoms with Crippen LogP contribution in [0.5, 0.6) is 0 Å². The number of nitrogens with zero attached hydrogens (tertiary/aromatic N) is 1. The molecule has 19 heavy (non-hydrogen) atoms. The van der Waals surface area contributed by atoms with Crippen molar-refractivity contribution in [3.63, 3.8) is 0 Å². The Morgan fingerprint density at radius 1 is 1.21 bits per heavy atom. The molecule has 0 saturated carbocycles. The molecule has 0 saturated heterocycles. The maximum absolute atomic E-state index is 10.4. The number of aliphatic hydroxyl groups excluding tert-OH is 1. The minimum atomic E-state index is -0.439. The van der Waals surface area contributed by atoms with Gasteiger partial charge >= 0.3 is 0 Å². The highest BCUT2D eigenvalue weighted by Crippen LogP contribution is 2.33. The highest BCUT2D eigenvalue weighted by Gasteiger charge is 2.23. The van der Waals surface area contributed by atoms with Crippen molar-refractivity contribution in [3.8, 4) is 0 Å². The molecule has 2 nitrogen and oxygen atoms in total. The van der Waals surface area contributed by atoms with E-state index in [1.807, 2.05) is 30.3 Å². The Morgan fingerprint density at radius 3 is 2.58 bits per heavy atom. The van der Waals surface area contributed by atoms with Gasteiger partial charge in [0.25, 0.3) is 0 Å². The Hall–Kier alpha value is -1.41. The number of hydrogen-bond donors (Lipinski definition) is 1. The van der Waals surface area contributed by atoms with Crippen LogP contribution in [-0.2, 0) is 0 Å². The van der Waals surface area contributed by atoms with E-state index in [0.29, 0.717) is 5.92 Å². The summed E-state index contributed by atoms with van der Waals surface area (Å²) in [4.78, 5) is 4.41. The Morgan fingerprint density at radius 2 is 1.89 bits per heavy atom. The molecule has 2 heteroatoms. The largest absolute Gasteiger partial charge is 0.388 e. The van der Waals surface area contributed by atoms with Crippen LogP contribution >= 0.6 is 0 Å². The van der Waals surface area contributed by atoms with E-state index in [1.54, 1.807) is 6.20 Å². The van der Waals surface area contributed by atoms with Crippen LogP contribution in [0, 0.1) is 11.3 Å². The zero-order chi connectivity index (χ0) is 14.0. The average Bonchev–Trinajstić information content (AvgIpc) is 2.37. The van der Waals surface area contributed by atoms with Gasteiger partial charge in [0.15, 0.2) is 0 Å². The number of pyridine rings is 1. The first-order valence-corrected chi connectivity index (χ1v) is 6.90. The second-order valence-electron chi connectivity index (χ2n) is 6.48. The first-order valence-electron chi connectivity index (χ1n) is 6.90. The van der Waals surface area contributed by atoms with E-state index in [2.05, 4.69) is 32.7 Å². The van der Waals surface area contributed by atoms with E-state index < -0.39 is 6.10 Å². The summed E-state index contributed by atoms with van der Waals surface area (Å²) in [5, 5.41) is 11.5. The molecule has 1 aromatic heterocycles. The molecule has 102 valence electrons. The Kier molecular flexibility index (Phi) is 3.91. The van der Waals surface area contributed by atoms with E-state index in [-0.39, 0.29) is 5.41 Å². The van der Waals surface area contributed by atoms with Gasteiger partial charge in [0.2, 0.25) is 0 Å². The molecular weight excluding hydrogens is 234 g/mol. The van der Waals surface area contributed by atoms with Crippen LogP contribution in [0.3, 0.4) is 0 Å². The van der Waals surface area contributed by atoms with Crippen molar-refractivity contribution in [3.05, 3.63) is 42.1 Å². The molecule has 0 fully saturated rings. The van der Waals surface area contributed by atoms with Crippen LogP contribution in [0.25, 0.3) is 10.9 Å². The van der Waals surface area contributed by atoms with Crippen molar-refractivity contribution in [1.29, 1.82) is 0 Å². The van der Waals surface area contributed by atoms with Crippen LogP contribution in [0.15, 0.2) is 36.5 Å². The monoisotopic (exact) mass is 257 g/mol. The Bertz CT molecular complexity index is 556. The van der Waals surface area contributed by atoms with Gasteiger partial charge in [-0.05, 0) is 35.4 Å². The number of fused-ring (bicyclic) bond motifs is 1. The maximum Gasteiger partial charge on any atom is 0.0807 e. The lowest BCUT2D eigenvalue weighted by Crippen LogP contribution is -2.19. The van der Waals surface area contributed by atoms with Crippen LogP contribution in [0.2, 0.25) is 0 Å². The fraction of sp³-hybridized carbons (Fsp3) is 0.471. The number of aromatic nitrogens is 1. The zero-order valence-corrected chi connectivity index (χ0v) is 12.2. The average molecular weight is 257 g/mol. The third-order valence-corrected chi connectivity index (χ3v) is 4.05. The normalized spacial score (nSPS) is 15.4. The zero-order valence-electron chi connectivity index (χ0n) is 12.2. The van der Waals surface area contributed by atoms with Gasteiger partial charge in [0.1, 0.15) is 0 Å². The molecule has 0 bridgehead atoms. The number of rotatable bonds is 3. The summed E-state index contributed by atoms with van der Waals surface area (Å²) in [5.41, 5.74) is 2.10. The van der Waals surface area contributed by atoms with Crippen molar-refractivity contribution >= 4 is 10.9 Å². The Balaban J connectivity index is 2.19. The molecule has 0 radical (unpaired) electrons. The number of hydrogen-bond acceptors (Lipinski definition) is 2. The Labute approximate surface area is 115 Å². The molecule has 2 rings (SSSR count). The molecule has 1 N–H and O–H groups in total. The molecule has 1 aromatic carbocycles. The van der Waals surface area contributed by atoms with Crippen LogP contribution < -0.4 is 0 Å². The molecule has 2 aromatic rings. The van der Waals surface area contributed by atoms with Gasteiger partial charge in [-0.2, -0.15) is 0 Å². The summed E-state index contributed by atoms with van der Waals surface area (Å²) < 4.78 is 0. The number of para-hydroxylation sites is 1. The highest BCUT2D eigenvalue weighted by atomic mass is 16.3. The summed E-state index contributed by atoms with van der Waals surface area (Å²) in [6, 6.07) is 10.0. The summed E-state index contributed by atoms with van der Waals surface area (Å²) in [6.07, 6.45) is 2.12. The fourth-order valence-electron chi connectivity index (χ4n) is 2.09. The SMILES string of the molecule is CC(CC(O)c1cnc2ccccc2c1)C(C)(C)C. The lowest BCUT2D eigenvalue weighted by atomic mass is 9.78. The standard InChI is InChI=1S/C17H23NO/c1-12(17(2,3)4)9-16(19)14-10-13-7-5-6-8-15(13)18-11-14/h5-8,10-12,16,19H,9H2,1-4H3. The van der Waals surface area contributed by atoms with Crippen LogP contribution in [0.4, 0.5) is 0 Å². The third kappa shape index (κ3) is 3.32. The van der Waals surface area contributed by atoms with E-state index in [9.17, 15) is 5.11 Å². The molecule has 0 amide bonds. The van der Waals surface area contributed by atoms with E-state index in [0.717, 1.165) is 22.9 Å². The molecular formula is C17H23NO. The lowest BCUT2D eigenvalue weighted by Gasteiger charge is -2.29. The summed E-state index contributed by atoms with van der Waals surface area (Å²) >= 11 is 0. The van der Waals surface area contributed by atoms with Gasteiger partial charge in [-0.15, -0.1) is 0 Å². The van der Waals surface area contributed by atoms with Gasteiger partial charge in [-0.25, -0.2) is 0 Å². The minimum Gasteiger partial charge on any atom is -0.388 e. The van der Waals surface area contributed by atoms with E-state index in [4.69, 9.17) is 0 Å². The molecule has 0 aliphatic rings. The molecule has 0 aliphatic heterocycles. The predicted molar refractivity (Wildman–Crippen MR) is 79.9 cm³/mol. The van der Waals surface area contributed by atoms with Crippen molar-refractivity contribution in [2.75, 3.05) is 0 Å². The van der Waals surface area contributed by atoms with Crippen LogP contribution in [-0.4, -0.2) is 10.1 Å². The molecule has 2 atom stereocenters. The predicted octanol–water partition coefficient (Wildman–Crippen LogP) is 4.34. The smallest absolute Gasteiger partial charge is 0.0807 e. The van der Waals surface area contributed by atoms with Gasteiger partial charge < -0.3 is 5.11 Å². The van der Waals surface area contributed by atoms with Crippen molar-refractivity contribution in [2.45, 2.75) is 40.2 Å². The lowest BCUT2D eigenvalue weighted by molar-refractivity contribution is 0.110. The molecule has 1 heterocycles. The topological polar surface area (TPSA) is 33.1 Å². The molecule has 0 aliphatic carbocycles. The van der Waals surface area contributed by atoms with Gasteiger partial charge in [0.05, 0.1) is 11.6 Å². The van der Waals surface area contributed by atoms with Gasteiger partial charge in [-0.3, -0.25) is 4.98 Å². The first-order chi connectivity index (χ1) is 8.88. The summed E-state index contributed by atoms with van der Waals surface area (Å²) in [7, 11) is 0. The molecule has 2 unspecified atom stereocenters. The van der Waals surface area contributed by atoms with Crippen LogP contribution in [0.1, 0.15) is 45.8 Å². The molecule has 0 spiro atoms. The first kappa shape index (κ1) is 14.0. The van der Waals surface area contributed by atoms with Crippen molar-refractivity contribution in [2.24, 2.45) is 11.3 Å². The number of aliphatic hydroxyl groups is 1. The van der Waals surface area contributed by atoms with E-state index >= 15 is 0 Å². The quantitative estimate of drug-likeness (QED) is 0.887. The number of benzene rings is 1. The maximum atomic E-state index is 10.4. The van der Waals surface area contributed by atoms with Gasteiger partial charge in [0, 0.05) is 11.6 Å². The third-order valence-electron chi connectivity index (χ3n) is 4.05. The van der Waals surface area contributed by atoms with Crippen molar-refractivity contribution in [1.82, 2.24) is 4.98 Å². The highest BCUT2D eigenvalue weighted by molar-refractivity contribution is 5.78. The fourth-order valence-corrected chi connectivity index (χ4v) is 2.09. The minimum absolute atomic E-state index is 0.214. The summed E-state index contributed by atoms with van der Waals surface area (Å²) in [6.45, 7) is 8.83. The van der Waals surface area contributed by atoms with Crippen molar-refractivity contribution < 1.29 is 5.11 Å².